The smallest absolute Gasteiger partial charge is 0.456 e. The van der Waals surface area contributed by atoms with Crippen LogP contribution in [-0.4, -0.2) is 43.6 Å². The van der Waals surface area contributed by atoms with Crippen molar-refractivity contribution in [3.63, 3.8) is 0 Å². The number of aryl methyl sites for hydroxylation is 1. The Kier molecular flexibility index (Phi) is 4.31. The largest absolute Gasteiger partial charge is 0.519 e. The average molecular weight is 427 g/mol. The molecule has 0 N–H and O–H groups in total. The molecular formula is C13H13BrClNO6S. The Labute approximate surface area is 148 Å². The number of fused-ring (bicyclic) bond motifs is 1. The summed E-state index contributed by atoms with van der Waals surface area (Å²) in [5.41, 5.74) is 0. The van der Waals surface area contributed by atoms with E-state index in [0.717, 1.165) is 0 Å². The highest BCUT2D eigenvalue weighted by atomic mass is 79.9. The molecule has 0 spiro atoms. The normalized spacial score (nSPS) is 32.6. The lowest BCUT2D eigenvalue weighted by molar-refractivity contribution is -0.161. The SMILES string of the molecule is Cc1oc(=O)oc1COC(=O)[C@@H]1N2C(=O)[C@H](Br)[C@H]2S[C@@]1(C)CCl. The van der Waals surface area contributed by atoms with Crippen molar-refractivity contribution in [3.8, 4) is 0 Å². The summed E-state index contributed by atoms with van der Waals surface area (Å²) >= 11 is 10.8. The van der Waals surface area contributed by atoms with E-state index in [1.165, 1.54) is 23.6 Å². The predicted octanol–water partition coefficient (Wildman–Crippen LogP) is 1.63. The minimum Gasteiger partial charge on any atom is -0.456 e. The topological polar surface area (TPSA) is 90.0 Å². The molecule has 7 nitrogen and oxygen atoms in total. The van der Waals surface area contributed by atoms with Gasteiger partial charge in [0.25, 0.3) is 0 Å². The minimum absolute atomic E-state index is 0.141. The highest BCUT2D eigenvalue weighted by Crippen LogP contribution is 2.53. The van der Waals surface area contributed by atoms with Gasteiger partial charge < -0.3 is 18.5 Å². The van der Waals surface area contributed by atoms with Crippen LogP contribution in [0.15, 0.2) is 13.6 Å². The van der Waals surface area contributed by atoms with E-state index >= 15 is 0 Å². The van der Waals surface area contributed by atoms with E-state index in [4.69, 9.17) is 25.2 Å². The second kappa shape index (κ2) is 5.86. The molecule has 10 heteroatoms. The van der Waals surface area contributed by atoms with E-state index in [9.17, 15) is 14.4 Å². The summed E-state index contributed by atoms with van der Waals surface area (Å²) in [6.45, 7) is 3.12. The van der Waals surface area contributed by atoms with Crippen LogP contribution in [0.5, 0.6) is 0 Å². The maximum absolute atomic E-state index is 12.5. The monoisotopic (exact) mass is 425 g/mol. The van der Waals surface area contributed by atoms with E-state index in [-0.39, 0.29) is 40.1 Å². The minimum atomic E-state index is -0.851. The van der Waals surface area contributed by atoms with Crippen LogP contribution in [0, 0.1) is 6.92 Å². The molecule has 2 fully saturated rings. The van der Waals surface area contributed by atoms with Crippen molar-refractivity contribution < 1.29 is 23.2 Å². The van der Waals surface area contributed by atoms with Gasteiger partial charge in [0.1, 0.15) is 16.2 Å². The van der Waals surface area contributed by atoms with E-state index < -0.39 is 22.6 Å². The van der Waals surface area contributed by atoms with Crippen LogP contribution < -0.4 is 5.82 Å². The Bertz CT molecular complexity index is 720. The summed E-state index contributed by atoms with van der Waals surface area (Å²) in [7, 11) is 0. The molecule has 4 atom stereocenters. The number of alkyl halides is 2. The summed E-state index contributed by atoms with van der Waals surface area (Å²) in [6, 6.07) is -0.782. The number of thioether (sulfide) groups is 1. The number of nitrogens with zero attached hydrogens (tertiary/aromatic N) is 1. The quantitative estimate of drug-likeness (QED) is 0.410. The van der Waals surface area contributed by atoms with Gasteiger partial charge in [-0.15, -0.1) is 23.4 Å². The van der Waals surface area contributed by atoms with Crippen LogP contribution >= 0.6 is 39.3 Å². The zero-order valence-corrected chi connectivity index (χ0v) is 15.4. The van der Waals surface area contributed by atoms with Crippen molar-refractivity contribution in [1.29, 1.82) is 0 Å². The molecule has 23 heavy (non-hydrogen) atoms. The number of amides is 1. The first-order chi connectivity index (χ1) is 10.8. The fourth-order valence-electron chi connectivity index (χ4n) is 2.66. The molecule has 0 saturated carbocycles. The van der Waals surface area contributed by atoms with Crippen molar-refractivity contribution in [2.45, 2.75) is 41.4 Å². The van der Waals surface area contributed by atoms with Gasteiger partial charge in [0.05, 0.1) is 4.75 Å². The molecule has 2 saturated heterocycles. The highest BCUT2D eigenvalue weighted by molar-refractivity contribution is 9.10. The molecule has 1 aromatic heterocycles. The van der Waals surface area contributed by atoms with Crippen LogP contribution in [0.1, 0.15) is 18.4 Å². The van der Waals surface area contributed by atoms with Crippen LogP contribution in [0.4, 0.5) is 0 Å². The van der Waals surface area contributed by atoms with Gasteiger partial charge in [0.15, 0.2) is 18.1 Å². The second-order valence-electron chi connectivity index (χ2n) is 5.55. The number of rotatable bonds is 4. The van der Waals surface area contributed by atoms with E-state index in [1.807, 2.05) is 6.92 Å². The first-order valence-electron chi connectivity index (χ1n) is 6.74. The maximum atomic E-state index is 12.5. The number of ether oxygens (including phenoxy) is 1. The average Bonchev–Trinajstić information content (AvgIpc) is 2.99. The summed E-state index contributed by atoms with van der Waals surface area (Å²) in [5.74, 6) is -1.01. The lowest BCUT2D eigenvalue weighted by Crippen LogP contribution is -2.64. The van der Waals surface area contributed by atoms with Gasteiger partial charge in [-0.2, -0.15) is 0 Å². The van der Waals surface area contributed by atoms with E-state index in [0.29, 0.717) is 0 Å². The third-order valence-corrected chi connectivity index (χ3v) is 7.53. The van der Waals surface area contributed by atoms with Gasteiger partial charge >= 0.3 is 11.8 Å². The summed E-state index contributed by atoms with van der Waals surface area (Å²) < 4.78 is 14.1. The Balaban J connectivity index is 1.76. The number of carbonyl (C=O) groups is 2. The molecule has 2 aliphatic rings. The number of esters is 1. The first kappa shape index (κ1) is 16.9. The number of hydrogen-bond acceptors (Lipinski definition) is 7. The summed E-state index contributed by atoms with van der Waals surface area (Å²) in [6.07, 6.45) is 0. The third-order valence-electron chi connectivity index (χ3n) is 3.93. The molecule has 0 aliphatic carbocycles. The molecule has 0 unspecified atom stereocenters. The van der Waals surface area contributed by atoms with Crippen molar-refractivity contribution in [3.05, 3.63) is 22.1 Å². The number of hydrogen-bond donors (Lipinski definition) is 0. The Hall–Kier alpha value is -0.930. The van der Waals surface area contributed by atoms with Gasteiger partial charge in [-0.05, 0) is 13.8 Å². The van der Waals surface area contributed by atoms with Crippen molar-refractivity contribution in [1.82, 2.24) is 4.90 Å². The lowest BCUT2D eigenvalue weighted by Gasteiger charge is -2.41. The molecule has 3 heterocycles. The fraction of sp³-hybridized carbons (Fsp3) is 0.615. The second-order valence-corrected chi connectivity index (χ2v) is 8.45. The standard InChI is InChI=1S/C13H13BrClNO6S/c1-5-6(22-12(19)21-5)3-20-11(18)8-13(2,4-15)23-10-7(14)9(17)16(8)10/h7-8,10H,3-4H2,1-2H3/t7-,8-,10+,13-/m0/s1. The molecular weight excluding hydrogens is 414 g/mol. The lowest BCUT2D eigenvalue weighted by atomic mass is 9.98. The predicted molar refractivity (Wildman–Crippen MR) is 85.6 cm³/mol. The highest BCUT2D eigenvalue weighted by Gasteiger charge is 2.64. The van der Waals surface area contributed by atoms with Crippen molar-refractivity contribution in [2.24, 2.45) is 0 Å². The molecule has 126 valence electrons. The molecule has 0 bridgehead atoms. The molecule has 1 amide bonds. The van der Waals surface area contributed by atoms with E-state index in [1.54, 1.807) is 0 Å². The zero-order valence-electron chi connectivity index (χ0n) is 12.2. The number of carbonyl (C=O) groups excluding carboxylic acids is 2. The van der Waals surface area contributed by atoms with Gasteiger partial charge in [-0.3, -0.25) is 4.79 Å². The van der Waals surface area contributed by atoms with Crippen molar-refractivity contribution in [2.75, 3.05) is 5.88 Å². The van der Waals surface area contributed by atoms with Gasteiger partial charge in [0.2, 0.25) is 5.91 Å². The van der Waals surface area contributed by atoms with Crippen LogP contribution in [0.2, 0.25) is 0 Å². The number of halogens is 2. The summed E-state index contributed by atoms with van der Waals surface area (Å²) in [4.78, 5) is 36.7. The molecule has 0 aromatic carbocycles. The Morgan fingerprint density at radius 1 is 1.48 bits per heavy atom. The van der Waals surface area contributed by atoms with Gasteiger partial charge in [0, 0.05) is 5.88 Å². The molecule has 1 aromatic rings. The van der Waals surface area contributed by atoms with Crippen LogP contribution in [-0.2, 0) is 20.9 Å². The maximum Gasteiger partial charge on any atom is 0.519 e. The van der Waals surface area contributed by atoms with Gasteiger partial charge in [-0.25, -0.2) is 9.59 Å². The zero-order chi connectivity index (χ0) is 16.9. The fourth-order valence-corrected chi connectivity index (χ4v) is 5.34. The van der Waals surface area contributed by atoms with Crippen LogP contribution in [0.3, 0.4) is 0 Å². The first-order valence-corrected chi connectivity index (χ1v) is 9.07. The molecule has 3 rings (SSSR count). The third kappa shape index (κ3) is 2.62. The Morgan fingerprint density at radius 3 is 2.74 bits per heavy atom. The van der Waals surface area contributed by atoms with Gasteiger partial charge in [-0.1, -0.05) is 15.9 Å². The Morgan fingerprint density at radius 2 is 2.17 bits per heavy atom. The van der Waals surface area contributed by atoms with E-state index in [2.05, 4.69) is 15.9 Å². The molecule has 0 radical (unpaired) electrons. The molecule has 2 aliphatic heterocycles. The van der Waals surface area contributed by atoms with Crippen molar-refractivity contribution >= 4 is 51.2 Å². The number of β-lactam (4-membered cyclic amide) rings is 1. The summed E-state index contributed by atoms with van der Waals surface area (Å²) in [5, 5.41) is -0.141. The van der Waals surface area contributed by atoms with Crippen LogP contribution in [0.25, 0.3) is 0 Å².